The summed E-state index contributed by atoms with van der Waals surface area (Å²) in [4.78, 5) is 13.4. The highest BCUT2D eigenvalue weighted by molar-refractivity contribution is 8.00. The van der Waals surface area contributed by atoms with E-state index >= 15 is 0 Å². The lowest BCUT2D eigenvalue weighted by Crippen LogP contribution is -2.04. The van der Waals surface area contributed by atoms with Crippen LogP contribution in [0, 0.1) is 0 Å². The number of ketones is 1. The van der Waals surface area contributed by atoms with Crippen molar-refractivity contribution in [1.29, 1.82) is 0 Å². The van der Waals surface area contributed by atoms with Crippen molar-refractivity contribution in [2.24, 2.45) is 0 Å². The molecule has 2 nitrogen and oxygen atoms in total. The highest BCUT2D eigenvalue weighted by atomic mass is 32.2. The van der Waals surface area contributed by atoms with Crippen LogP contribution in [0.15, 0.2) is 53.4 Å². The molecule has 2 rings (SSSR count). The van der Waals surface area contributed by atoms with Gasteiger partial charge in [0.1, 0.15) is 5.75 Å². The average molecular weight is 300 g/mol. The van der Waals surface area contributed by atoms with Crippen molar-refractivity contribution in [2.45, 2.75) is 25.2 Å². The maximum atomic E-state index is 12.3. The van der Waals surface area contributed by atoms with E-state index < -0.39 is 0 Å². The molecule has 0 aliphatic carbocycles. The molecule has 0 saturated carbocycles. The fourth-order valence-corrected chi connectivity index (χ4v) is 2.89. The molecule has 0 heterocycles. The standard InChI is InChI=1S/C18H20O2S/c1-3-14-12-15(10-11-18(14)20-4-2)17(19)13-21-16-8-6-5-7-9-16/h5-12H,3-4,13H2,1-2H3. The van der Waals surface area contributed by atoms with E-state index in [0.717, 1.165) is 28.2 Å². The van der Waals surface area contributed by atoms with Gasteiger partial charge in [0.05, 0.1) is 12.4 Å². The molecule has 0 bridgehead atoms. The minimum atomic E-state index is 0.154. The quantitative estimate of drug-likeness (QED) is 0.551. The van der Waals surface area contributed by atoms with Gasteiger partial charge in [-0.25, -0.2) is 0 Å². The molecule has 0 fully saturated rings. The van der Waals surface area contributed by atoms with Crippen LogP contribution in [-0.2, 0) is 6.42 Å². The van der Waals surface area contributed by atoms with Crippen LogP contribution in [0.25, 0.3) is 0 Å². The predicted molar refractivity (Wildman–Crippen MR) is 88.5 cm³/mol. The molecule has 0 aliphatic rings. The molecule has 0 spiro atoms. The molecule has 2 aromatic carbocycles. The summed E-state index contributed by atoms with van der Waals surface area (Å²) in [5, 5.41) is 0. The van der Waals surface area contributed by atoms with Gasteiger partial charge in [-0.1, -0.05) is 25.1 Å². The van der Waals surface area contributed by atoms with Gasteiger partial charge in [-0.3, -0.25) is 4.79 Å². The molecule has 0 saturated heterocycles. The number of carbonyl (C=O) groups excluding carboxylic acids is 1. The molecule has 2 aromatic rings. The lowest BCUT2D eigenvalue weighted by atomic mass is 10.1. The second kappa shape index (κ2) is 7.89. The van der Waals surface area contributed by atoms with Crippen LogP contribution in [0.1, 0.15) is 29.8 Å². The van der Waals surface area contributed by atoms with Crippen molar-refractivity contribution < 1.29 is 9.53 Å². The second-order valence-corrected chi connectivity index (χ2v) is 5.68. The highest BCUT2D eigenvalue weighted by Gasteiger charge is 2.10. The first-order chi connectivity index (χ1) is 10.2. The Hall–Kier alpha value is -1.74. The van der Waals surface area contributed by atoms with Crippen LogP contribution < -0.4 is 4.74 Å². The zero-order chi connectivity index (χ0) is 15.1. The van der Waals surface area contributed by atoms with E-state index in [1.807, 2.05) is 55.5 Å². The van der Waals surface area contributed by atoms with Crippen molar-refractivity contribution in [2.75, 3.05) is 12.4 Å². The summed E-state index contributed by atoms with van der Waals surface area (Å²) in [6.45, 7) is 4.68. The third-order valence-electron chi connectivity index (χ3n) is 3.18. The molecule has 0 unspecified atom stereocenters. The summed E-state index contributed by atoms with van der Waals surface area (Å²) < 4.78 is 5.58. The van der Waals surface area contributed by atoms with E-state index in [0.29, 0.717) is 12.4 Å². The first-order valence-electron chi connectivity index (χ1n) is 7.21. The lowest BCUT2D eigenvalue weighted by Gasteiger charge is -2.10. The van der Waals surface area contributed by atoms with Crippen molar-refractivity contribution in [1.82, 2.24) is 0 Å². The summed E-state index contributed by atoms with van der Waals surface area (Å²) in [5.74, 6) is 1.50. The number of benzene rings is 2. The van der Waals surface area contributed by atoms with Gasteiger partial charge in [0.2, 0.25) is 0 Å². The molecular weight excluding hydrogens is 280 g/mol. The van der Waals surface area contributed by atoms with E-state index in [1.54, 1.807) is 11.8 Å². The van der Waals surface area contributed by atoms with Gasteiger partial charge in [-0.15, -0.1) is 11.8 Å². The van der Waals surface area contributed by atoms with Gasteiger partial charge < -0.3 is 4.74 Å². The summed E-state index contributed by atoms with van der Waals surface area (Å²) >= 11 is 1.57. The number of ether oxygens (including phenoxy) is 1. The van der Waals surface area contributed by atoms with Gasteiger partial charge in [0.15, 0.2) is 5.78 Å². The average Bonchev–Trinajstić information content (AvgIpc) is 2.54. The molecule has 0 atom stereocenters. The number of aryl methyl sites for hydroxylation is 1. The monoisotopic (exact) mass is 300 g/mol. The molecule has 110 valence electrons. The number of hydrogen-bond acceptors (Lipinski definition) is 3. The summed E-state index contributed by atoms with van der Waals surface area (Å²) in [6.07, 6.45) is 0.863. The van der Waals surface area contributed by atoms with E-state index in [-0.39, 0.29) is 5.78 Å². The number of hydrogen-bond donors (Lipinski definition) is 0. The van der Waals surface area contributed by atoms with E-state index in [4.69, 9.17) is 4.74 Å². The SMILES string of the molecule is CCOc1ccc(C(=O)CSc2ccccc2)cc1CC. The molecule has 0 amide bonds. The number of thioether (sulfide) groups is 1. The summed E-state index contributed by atoms with van der Waals surface area (Å²) in [5.41, 5.74) is 1.85. The number of Topliss-reactive ketones (excluding diaryl/α,β-unsaturated/α-hetero) is 1. The van der Waals surface area contributed by atoms with Gasteiger partial charge in [-0.05, 0) is 49.2 Å². The minimum Gasteiger partial charge on any atom is -0.494 e. The molecule has 0 N–H and O–H groups in total. The van der Waals surface area contributed by atoms with Crippen LogP contribution in [0.4, 0.5) is 0 Å². The van der Waals surface area contributed by atoms with Crippen LogP contribution in [0.3, 0.4) is 0 Å². The lowest BCUT2D eigenvalue weighted by molar-refractivity contribution is 0.102. The minimum absolute atomic E-state index is 0.154. The number of rotatable bonds is 7. The molecule has 0 aliphatic heterocycles. The Morgan fingerprint density at radius 1 is 1.10 bits per heavy atom. The van der Waals surface area contributed by atoms with Crippen LogP contribution >= 0.6 is 11.8 Å². The smallest absolute Gasteiger partial charge is 0.173 e. The van der Waals surface area contributed by atoms with Crippen LogP contribution in [0.2, 0.25) is 0 Å². The zero-order valence-electron chi connectivity index (χ0n) is 12.5. The molecular formula is C18H20O2S. The topological polar surface area (TPSA) is 26.3 Å². The molecule has 3 heteroatoms. The van der Waals surface area contributed by atoms with Crippen molar-refractivity contribution in [3.8, 4) is 5.75 Å². The van der Waals surface area contributed by atoms with Gasteiger partial charge in [0.25, 0.3) is 0 Å². The Labute approximate surface area is 130 Å². The maximum Gasteiger partial charge on any atom is 0.173 e. The van der Waals surface area contributed by atoms with E-state index in [2.05, 4.69) is 6.92 Å². The maximum absolute atomic E-state index is 12.3. The van der Waals surface area contributed by atoms with Crippen LogP contribution in [0.5, 0.6) is 5.75 Å². The molecule has 21 heavy (non-hydrogen) atoms. The zero-order valence-corrected chi connectivity index (χ0v) is 13.3. The second-order valence-electron chi connectivity index (χ2n) is 4.63. The van der Waals surface area contributed by atoms with Crippen molar-refractivity contribution in [3.05, 3.63) is 59.7 Å². The summed E-state index contributed by atoms with van der Waals surface area (Å²) in [7, 11) is 0. The van der Waals surface area contributed by atoms with E-state index in [9.17, 15) is 4.79 Å². The Morgan fingerprint density at radius 3 is 2.52 bits per heavy atom. The fraction of sp³-hybridized carbons (Fsp3) is 0.278. The third kappa shape index (κ3) is 4.36. The fourth-order valence-electron chi connectivity index (χ4n) is 2.07. The Morgan fingerprint density at radius 2 is 1.86 bits per heavy atom. The Kier molecular flexibility index (Phi) is 5.88. The molecule has 0 aromatic heterocycles. The Balaban J connectivity index is 2.05. The van der Waals surface area contributed by atoms with Gasteiger partial charge in [-0.2, -0.15) is 0 Å². The predicted octanol–water partition coefficient (Wildman–Crippen LogP) is 4.62. The van der Waals surface area contributed by atoms with Crippen LogP contribution in [-0.4, -0.2) is 18.1 Å². The summed E-state index contributed by atoms with van der Waals surface area (Å²) in [6, 6.07) is 15.7. The molecule has 0 radical (unpaired) electrons. The highest BCUT2D eigenvalue weighted by Crippen LogP contribution is 2.23. The first-order valence-corrected chi connectivity index (χ1v) is 8.20. The largest absolute Gasteiger partial charge is 0.494 e. The van der Waals surface area contributed by atoms with Gasteiger partial charge in [0, 0.05) is 10.5 Å². The van der Waals surface area contributed by atoms with Crippen molar-refractivity contribution >= 4 is 17.5 Å². The first kappa shape index (κ1) is 15.6. The normalized spacial score (nSPS) is 10.4. The van der Waals surface area contributed by atoms with Crippen molar-refractivity contribution in [3.63, 3.8) is 0 Å². The Bertz CT molecular complexity index is 593. The van der Waals surface area contributed by atoms with E-state index in [1.165, 1.54) is 0 Å². The number of carbonyl (C=O) groups is 1. The third-order valence-corrected chi connectivity index (χ3v) is 4.19. The van der Waals surface area contributed by atoms with Gasteiger partial charge >= 0.3 is 0 Å².